The minimum Gasteiger partial charge on any atom is -0.454 e. The molecule has 2 rings (SSSR count). The number of benzene rings is 1. The van der Waals surface area contributed by atoms with Gasteiger partial charge in [0, 0.05) is 6.04 Å². The average Bonchev–Trinajstić information content (AvgIpc) is 2.71. The number of ether oxygens (including phenoxy) is 2. The van der Waals surface area contributed by atoms with Crippen molar-refractivity contribution in [1.29, 1.82) is 0 Å². The molecule has 0 saturated carbocycles. The van der Waals surface area contributed by atoms with Gasteiger partial charge in [-0.25, -0.2) is 0 Å². The van der Waals surface area contributed by atoms with Gasteiger partial charge in [-0.1, -0.05) is 0 Å². The second-order valence-corrected chi connectivity index (χ2v) is 3.95. The SMILES string of the molecule is N[C@H](CC(F)(F)F)c1cc2c(cc1[N+](=O)[O-])OCO2. The van der Waals surface area contributed by atoms with Gasteiger partial charge < -0.3 is 15.2 Å². The van der Waals surface area contributed by atoms with Crippen LogP contribution in [0.1, 0.15) is 18.0 Å². The summed E-state index contributed by atoms with van der Waals surface area (Å²) in [7, 11) is 0. The maximum atomic E-state index is 12.3. The summed E-state index contributed by atoms with van der Waals surface area (Å²) < 4.78 is 46.8. The normalized spacial score (nSPS) is 15.4. The van der Waals surface area contributed by atoms with E-state index in [0.29, 0.717) is 0 Å². The van der Waals surface area contributed by atoms with Gasteiger partial charge in [0.05, 0.1) is 23.0 Å². The highest BCUT2D eigenvalue weighted by molar-refractivity contribution is 5.56. The molecule has 0 aliphatic carbocycles. The second-order valence-electron chi connectivity index (χ2n) is 3.95. The zero-order valence-electron chi connectivity index (χ0n) is 9.44. The van der Waals surface area contributed by atoms with E-state index in [1.165, 1.54) is 0 Å². The van der Waals surface area contributed by atoms with E-state index in [4.69, 9.17) is 15.2 Å². The summed E-state index contributed by atoms with van der Waals surface area (Å²) in [4.78, 5) is 10.1. The topological polar surface area (TPSA) is 87.6 Å². The predicted octanol–water partition coefficient (Wildman–Crippen LogP) is 2.28. The fourth-order valence-electron chi connectivity index (χ4n) is 1.76. The molecule has 0 spiro atoms. The molecular formula is C10H9F3N2O4. The minimum atomic E-state index is -4.51. The van der Waals surface area contributed by atoms with E-state index in [1.807, 2.05) is 0 Å². The van der Waals surface area contributed by atoms with Crippen molar-refractivity contribution in [2.24, 2.45) is 5.73 Å². The monoisotopic (exact) mass is 278 g/mol. The van der Waals surface area contributed by atoms with Gasteiger partial charge in [-0.3, -0.25) is 10.1 Å². The van der Waals surface area contributed by atoms with Gasteiger partial charge in [-0.05, 0) is 6.07 Å². The molecular weight excluding hydrogens is 269 g/mol. The number of nitrogens with two attached hydrogens (primary N) is 1. The van der Waals surface area contributed by atoms with Crippen LogP contribution in [0, 0.1) is 10.1 Å². The van der Waals surface area contributed by atoms with Gasteiger partial charge in [0.25, 0.3) is 5.69 Å². The molecule has 0 bridgehead atoms. The molecule has 1 aromatic carbocycles. The fraction of sp³-hybridized carbons (Fsp3) is 0.400. The largest absolute Gasteiger partial charge is 0.454 e. The van der Waals surface area contributed by atoms with Crippen LogP contribution in [0.2, 0.25) is 0 Å². The number of halogens is 3. The average molecular weight is 278 g/mol. The second kappa shape index (κ2) is 4.57. The van der Waals surface area contributed by atoms with Crippen molar-refractivity contribution < 1.29 is 27.6 Å². The van der Waals surface area contributed by atoms with Gasteiger partial charge in [0.2, 0.25) is 6.79 Å². The minimum absolute atomic E-state index is 0.120. The standard InChI is InChI=1S/C10H9F3N2O4/c11-10(12,13)3-6(14)5-1-8-9(19-4-18-8)2-7(5)15(16)17/h1-2,6H,3-4,14H2/t6-/m1/s1. The molecule has 0 radical (unpaired) electrons. The van der Waals surface area contributed by atoms with Crippen LogP contribution in [0.25, 0.3) is 0 Å². The molecule has 104 valence electrons. The Morgan fingerprint density at radius 3 is 2.47 bits per heavy atom. The number of rotatable bonds is 3. The third-order valence-corrected chi connectivity index (χ3v) is 2.57. The van der Waals surface area contributed by atoms with E-state index >= 15 is 0 Å². The maximum absolute atomic E-state index is 12.3. The highest BCUT2D eigenvalue weighted by atomic mass is 19.4. The van der Waals surface area contributed by atoms with Crippen LogP contribution >= 0.6 is 0 Å². The lowest BCUT2D eigenvalue weighted by Crippen LogP contribution is -2.21. The number of hydrogen-bond donors (Lipinski definition) is 1. The van der Waals surface area contributed by atoms with Crippen LogP contribution in [0.4, 0.5) is 18.9 Å². The maximum Gasteiger partial charge on any atom is 0.390 e. The first kappa shape index (κ1) is 13.4. The van der Waals surface area contributed by atoms with E-state index in [1.54, 1.807) is 0 Å². The zero-order valence-corrected chi connectivity index (χ0v) is 9.44. The first-order valence-electron chi connectivity index (χ1n) is 5.18. The Kier molecular flexibility index (Phi) is 3.23. The fourth-order valence-corrected chi connectivity index (χ4v) is 1.76. The van der Waals surface area contributed by atoms with Gasteiger partial charge >= 0.3 is 6.18 Å². The van der Waals surface area contributed by atoms with Crippen LogP contribution in [-0.4, -0.2) is 17.9 Å². The van der Waals surface area contributed by atoms with Crippen LogP contribution in [0.5, 0.6) is 11.5 Å². The van der Waals surface area contributed by atoms with Crippen LogP contribution < -0.4 is 15.2 Å². The Labute approximate surface area is 105 Å². The summed E-state index contributed by atoms with van der Waals surface area (Å²) in [5, 5.41) is 10.9. The summed E-state index contributed by atoms with van der Waals surface area (Å²) in [6, 6.07) is 0.611. The van der Waals surface area contributed by atoms with Crippen molar-refractivity contribution in [2.75, 3.05) is 6.79 Å². The lowest BCUT2D eigenvalue weighted by molar-refractivity contribution is -0.385. The molecule has 19 heavy (non-hydrogen) atoms. The van der Waals surface area contributed by atoms with Crippen molar-refractivity contribution in [3.63, 3.8) is 0 Å². The van der Waals surface area contributed by atoms with E-state index in [9.17, 15) is 23.3 Å². The molecule has 1 aliphatic rings. The van der Waals surface area contributed by atoms with Crippen molar-refractivity contribution in [1.82, 2.24) is 0 Å². The van der Waals surface area contributed by atoms with Gasteiger partial charge in [0.15, 0.2) is 11.5 Å². The van der Waals surface area contributed by atoms with Gasteiger partial charge in [-0.2, -0.15) is 13.2 Å². The van der Waals surface area contributed by atoms with Crippen LogP contribution in [-0.2, 0) is 0 Å². The zero-order chi connectivity index (χ0) is 14.2. The molecule has 0 saturated heterocycles. The summed E-state index contributed by atoms with van der Waals surface area (Å²) in [5.41, 5.74) is 4.65. The summed E-state index contributed by atoms with van der Waals surface area (Å²) >= 11 is 0. The highest BCUT2D eigenvalue weighted by Gasteiger charge is 2.35. The molecule has 1 atom stereocenters. The van der Waals surface area contributed by atoms with Crippen molar-refractivity contribution in [3.8, 4) is 11.5 Å². The Morgan fingerprint density at radius 1 is 1.37 bits per heavy atom. The molecule has 0 unspecified atom stereocenters. The Balaban J connectivity index is 2.40. The molecule has 1 aromatic rings. The van der Waals surface area contributed by atoms with E-state index in [2.05, 4.69) is 0 Å². The lowest BCUT2D eigenvalue weighted by atomic mass is 10.0. The van der Waals surface area contributed by atoms with Crippen LogP contribution in [0.3, 0.4) is 0 Å². The quantitative estimate of drug-likeness (QED) is 0.677. The Morgan fingerprint density at radius 2 is 1.95 bits per heavy atom. The van der Waals surface area contributed by atoms with Gasteiger partial charge in [-0.15, -0.1) is 0 Å². The first-order valence-corrected chi connectivity index (χ1v) is 5.18. The van der Waals surface area contributed by atoms with Crippen LogP contribution in [0.15, 0.2) is 12.1 Å². The summed E-state index contributed by atoms with van der Waals surface area (Å²) in [5.74, 6) is 0.271. The molecule has 6 nitrogen and oxygen atoms in total. The van der Waals surface area contributed by atoms with Crippen molar-refractivity contribution >= 4 is 5.69 Å². The number of hydrogen-bond acceptors (Lipinski definition) is 5. The smallest absolute Gasteiger partial charge is 0.390 e. The third kappa shape index (κ3) is 2.87. The summed E-state index contributed by atoms with van der Waals surface area (Å²) in [6.07, 6.45) is -5.86. The van der Waals surface area contributed by atoms with E-state index in [0.717, 1.165) is 12.1 Å². The van der Waals surface area contributed by atoms with Gasteiger partial charge in [0.1, 0.15) is 0 Å². The van der Waals surface area contributed by atoms with E-state index < -0.39 is 29.2 Å². The number of nitrogens with zero attached hydrogens (tertiary/aromatic N) is 1. The van der Waals surface area contributed by atoms with E-state index in [-0.39, 0.29) is 23.9 Å². The van der Waals surface area contributed by atoms with Crippen molar-refractivity contribution in [3.05, 3.63) is 27.8 Å². The molecule has 0 fully saturated rings. The highest BCUT2D eigenvalue weighted by Crippen LogP contribution is 2.41. The lowest BCUT2D eigenvalue weighted by Gasteiger charge is -2.15. The molecule has 0 aromatic heterocycles. The Hall–Kier alpha value is -2.03. The molecule has 1 aliphatic heterocycles. The number of nitro groups is 1. The molecule has 1 heterocycles. The number of fused-ring (bicyclic) bond motifs is 1. The molecule has 9 heteroatoms. The molecule has 0 amide bonds. The number of alkyl halides is 3. The third-order valence-electron chi connectivity index (χ3n) is 2.57. The Bertz CT molecular complexity index is 518. The predicted molar refractivity (Wildman–Crippen MR) is 56.8 cm³/mol. The van der Waals surface area contributed by atoms with Crippen molar-refractivity contribution in [2.45, 2.75) is 18.6 Å². The summed E-state index contributed by atoms with van der Waals surface area (Å²) in [6.45, 7) is -0.134. The first-order chi connectivity index (χ1) is 8.78. The molecule has 2 N–H and O–H groups in total. The number of nitro benzene ring substituents is 1.